The van der Waals surface area contributed by atoms with E-state index in [4.69, 9.17) is 34.7 Å². The highest BCUT2D eigenvalue weighted by molar-refractivity contribution is 6.14. The zero-order valence-electron chi connectivity index (χ0n) is 54.7. The standard InChI is InChI=1S/C90H44N14/c1-97-72-36-57(51-94)33-69(39-72)65-18-24-83-79(44-65)80-45-66(70-34-58(52-95)37-73(40-70)98-2)19-25-84(80)103(83)75-22-23-76(90-101-88(60-12-6-4-7-13-60)100-89(102-90)61-14-8-5-9-15-61)77(47-75)78-42-63(62-16-10-11-54(30-62)48-91)17-26-85(78)104-86-27-20-64(68-31-55(49-92)29-56(32-68)50-93)43-81(86)82-46-67(21-28-87(82)104)71-35-59(53-96)38-74(41-71)99-3/h4-47H. The molecule has 0 spiro atoms. The molecule has 0 bridgehead atoms. The molecule has 0 atom stereocenters. The number of benzene rings is 13. The highest BCUT2D eigenvalue weighted by Gasteiger charge is 2.26. The molecule has 474 valence electrons. The first kappa shape index (κ1) is 62.7. The molecule has 0 unspecified atom stereocenters. The molecule has 0 saturated heterocycles. The van der Waals surface area contributed by atoms with Gasteiger partial charge in [0.1, 0.15) is 0 Å². The van der Waals surface area contributed by atoms with Crippen LogP contribution in [0.5, 0.6) is 0 Å². The predicted molar refractivity (Wildman–Crippen MR) is 405 cm³/mol. The van der Waals surface area contributed by atoms with Crippen LogP contribution >= 0.6 is 0 Å². The van der Waals surface area contributed by atoms with Crippen LogP contribution in [0.1, 0.15) is 33.4 Å². The lowest BCUT2D eigenvalue weighted by Gasteiger charge is -2.20. The average molecular weight is 1320 g/mol. The summed E-state index contributed by atoms with van der Waals surface area (Å²) in [5, 5.41) is 64.7. The molecule has 16 aromatic rings. The van der Waals surface area contributed by atoms with Crippen molar-refractivity contribution < 1.29 is 0 Å². The van der Waals surface area contributed by atoms with Crippen molar-refractivity contribution in [1.29, 1.82) is 31.6 Å². The van der Waals surface area contributed by atoms with E-state index in [1.165, 1.54) is 0 Å². The van der Waals surface area contributed by atoms with E-state index in [-0.39, 0.29) is 0 Å². The van der Waals surface area contributed by atoms with Gasteiger partial charge in [0.05, 0.1) is 101 Å². The molecule has 104 heavy (non-hydrogen) atoms. The van der Waals surface area contributed by atoms with E-state index in [1.807, 2.05) is 146 Å². The third-order valence-corrected chi connectivity index (χ3v) is 18.6. The van der Waals surface area contributed by atoms with Gasteiger partial charge in [0, 0.05) is 66.2 Å². The highest BCUT2D eigenvalue weighted by atomic mass is 15.0. The Balaban J connectivity index is 1.03. The third kappa shape index (κ3) is 11.3. The van der Waals surface area contributed by atoms with E-state index in [0.717, 1.165) is 99.5 Å². The Morgan fingerprint density at radius 2 is 0.606 bits per heavy atom. The van der Waals surface area contributed by atoms with Crippen LogP contribution in [0.4, 0.5) is 17.1 Å². The summed E-state index contributed by atoms with van der Waals surface area (Å²) < 4.78 is 4.41. The van der Waals surface area contributed by atoms with Gasteiger partial charge in [0.25, 0.3) is 0 Å². The predicted octanol–water partition coefficient (Wildman–Crippen LogP) is 22.0. The largest absolute Gasteiger partial charge is 0.309 e. The number of fused-ring (bicyclic) bond motifs is 6. The molecule has 14 nitrogen and oxygen atoms in total. The molecule has 0 N–H and O–H groups in total. The smallest absolute Gasteiger partial charge is 0.189 e. The lowest BCUT2D eigenvalue weighted by molar-refractivity contribution is 1.07. The minimum atomic E-state index is 0.314. The van der Waals surface area contributed by atoms with Gasteiger partial charge in [-0.25, -0.2) is 29.5 Å². The molecule has 16 rings (SSSR count). The van der Waals surface area contributed by atoms with Gasteiger partial charge in [-0.15, -0.1) is 0 Å². The van der Waals surface area contributed by atoms with Crippen LogP contribution in [0.3, 0.4) is 0 Å². The number of nitriles is 6. The van der Waals surface area contributed by atoms with Crippen LogP contribution in [0.15, 0.2) is 267 Å². The molecular formula is C90H44N14. The quantitative estimate of drug-likeness (QED) is 0.113. The lowest BCUT2D eigenvalue weighted by atomic mass is 9.92. The second-order valence-electron chi connectivity index (χ2n) is 24.8. The number of hydrogen-bond acceptors (Lipinski definition) is 9. The average Bonchev–Trinajstić information content (AvgIpc) is 1.51. The minimum Gasteiger partial charge on any atom is -0.309 e. The maximum atomic E-state index is 10.4. The van der Waals surface area contributed by atoms with Crippen molar-refractivity contribution in [2.45, 2.75) is 0 Å². The molecular weight excluding hydrogens is 1280 g/mol. The summed E-state index contributed by atoms with van der Waals surface area (Å²) in [4.78, 5) is 27.1. The van der Waals surface area contributed by atoms with Crippen LogP contribution in [0, 0.1) is 87.7 Å². The lowest BCUT2D eigenvalue weighted by Crippen LogP contribution is -2.04. The van der Waals surface area contributed by atoms with Gasteiger partial charge in [-0.05, 0) is 225 Å². The Morgan fingerprint density at radius 1 is 0.250 bits per heavy atom. The van der Waals surface area contributed by atoms with Crippen LogP contribution in [-0.2, 0) is 0 Å². The number of aromatic nitrogens is 5. The van der Waals surface area contributed by atoms with Crippen molar-refractivity contribution in [1.82, 2.24) is 24.1 Å². The van der Waals surface area contributed by atoms with Crippen LogP contribution < -0.4 is 0 Å². The summed E-state index contributed by atoms with van der Waals surface area (Å²) in [5.74, 6) is 1.24. The van der Waals surface area contributed by atoms with E-state index in [2.05, 4.69) is 103 Å². The monoisotopic (exact) mass is 1320 g/mol. The van der Waals surface area contributed by atoms with Crippen molar-refractivity contribution in [2.75, 3.05) is 0 Å². The summed E-state index contributed by atoms with van der Waals surface area (Å²) in [7, 11) is 0. The molecule has 0 amide bonds. The van der Waals surface area contributed by atoms with Crippen molar-refractivity contribution in [3.8, 4) is 149 Å². The van der Waals surface area contributed by atoms with E-state index in [1.54, 1.807) is 78.9 Å². The number of rotatable bonds is 11. The van der Waals surface area contributed by atoms with E-state index in [9.17, 15) is 31.6 Å². The van der Waals surface area contributed by atoms with Crippen molar-refractivity contribution >= 4 is 60.7 Å². The molecule has 0 radical (unpaired) electrons. The second kappa shape index (κ2) is 26.0. The molecule has 3 aromatic heterocycles. The van der Waals surface area contributed by atoms with Gasteiger partial charge >= 0.3 is 0 Å². The maximum Gasteiger partial charge on any atom is 0.189 e. The Bertz CT molecular complexity index is 6340. The van der Waals surface area contributed by atoms with Crippen molar-refractivity contribution in [2.24, 2.45) is 0 Å². The molecule has 0 saturated carbocycles. The summed E-state index contributed by atoms with van der Waals surface area (Å²) in [6.07, 6.45) is 0. The van der Waals surface area contributed by atoms with Crippen LogP contribution in [0.2, 0.25) is 0 Å². The fourth-order valence-corrected chi connectivity index (χ4v) is 13.9. The topological polar surface area (TPSA) is 204 Å². The van der Waals surface area contributed by atoms with Gasteiger partial charge in [0.15, 0.2) is 34.5 Å². The molecule has 3 heterocycles. The second-order valence-corrected chi connectivity index (χ2v) is 24.8. The van der Waals surface area contributed by atoms with Gasteiger partial charge in [0.2, 0.25) is 0 Å². The van der Waals surface area contributed by atoms with Gasteiger partial charge in [-0.3, -0.25) is 0 Å². The Labute approximate surface area is 596 Å². The first-order chi connectivity index (χ1) is 51.0. The number of nitrogens with zero attached hydrogens (tertiary/aromatic N) is 14. The normalized spacial score (nSPS) is 10.8. The maximum absolute atomic E-state index is 10.4. The zero-order chi connectivity index (χ0) is 71.1. The fraction of sp³-hybridized carbons (Fsp3) is 0. The third-order valence-electron chi connectivity index (χ3n) is 18.6. The number of hydrogen-bond donors (Lipinski definition) is 0. The van der Waals surface area contributed by atoms with Crippen molar-refractivity contribution in [3.63, 3.8) is 0 Å². The molecule has 0 aliphatic heterocycles. The molecule has 14 heteroatoms. The Morgan fingerprint density at radius 3 is 1.03 bits per heavy atom. The summed E-state index contributed by atoms with van der Waals surface area (Å²) in [6.45, 7) is 23.9. The molecule has 0 aliphatic carbocycles. The van der Waals surface area contributed by atoms with E-state index in [0.29, 0.717) is 107 Å². The highest BCUT2D eigenvalue weighted by Crippen LogP contribution is 2.47. The van der Waals surface area contributed by atoms with Gasteiger partial charge < -0.3 is 9.13 Å². The molecule has 0 fully saturated rings. The zero-order valence-corrected chi connectivity index (χ0v) is 54.7. The first-order valence-corrected chi connectivity index (χ1v) is 32.6. The Kier molecular flexibility index (Phi) is 15.7. The molecule has 0 aliphatic rings. The summed E-state index contributed by atoms with van der Waals surface area (Å²) in [6, 6.07) is 97.8. The van der Waals surface area contributed by atoms with Crippen LogP contribution in [0.25, 0.3) is 170 Å². The Hall–Kier alpha value is -16.1. The van der Waals surface area contributed by atoms with Crippen LogP contribution in [-0.4, -0.2) is 24.1 Å². The van der Waals surface area contributed by atoms with Gasteiger partial charge in [-0.1, -0.05) is 103 Å². The van der Waals surface area contributed by atoms with Gasteiger partial charge in [-0.2, -0.15) is 31.6 Å². The molecule has 13 aromatic carbocycles. The minimum absolute atomic E-state index is 0.314. The van der Waals surface area contributed by atoms with E-state index < -0.39 is 0 Å². The summed E-state index contributed by atoms with van der Waals surface area (Å²) >= 11 is 0. The fourth-order valence-electron chi connectivity index (χ4n) is 13.9. The van der Waals surface area contributed by atoms with E-state index >= 15 is 0 Å². The SMILES string of the molecule is [C-]#[N+]c1cc(C#N)cc(-c2ccc3c(c2)c2cc(-c4cc(C#N)cc([N+]#[C-])c4)ccc2n3-c2ccc(-c3nc(-c4ccccc4)nc(-c4ccccc4)n3)c(-c3cc(-c4cccc(C#N)c4)ccc3-n3c4ccc(-c5cc(C#N)cc(C#N)c5)cc4c4cc(-c5cc(C#N)cc([N+]#[C-])c5)ccc43)c2)c1. The summed E-state index contributed by atoms with van der Waals surface area (Å²) in [5.41, 5.74) is 18.6. The van der Waals surface area contributed by atoms with Crippen molar-refractivity contribution in [3.05, 3.63) is 335 Å². The first-order valence-electron chi connectivity index (χ1n) is 32.6.